The number of hydrogen-bond donors (Lipinski definition) is 1. The molecule has 0 amide bonds. The lowest BCUT2D eigenvalue weighted by atomic mass is 9.87. The Bertz CT molecular complexity index is 414. The van der Waals surface area contributed by atoms with Crippen LogP contribution in [-0.4, -0.2) is 13.2 Å². The molecule has 19 heavy (non-hydrogen) atoms. The smallest absolute Gasteiger partial charge is 0.122 e. The van der Waals surface area contributed by atoms with E-state index in [4.69, 9.17) is 4.74 Å². The maximum Gasteiger partial charge on any atom is 0.122 e. The lowest BCUT2D eigenvalue weighted by Crippen LogP contribution is -2.26. The van der Waals surface area contributed by atoms with Gasteiger partial charge in [-0.1, -0.05) is 25.1 Å². The summed E-state index contributed by atoms with van der Waals surface area (Å²) in [7, 11) is 0. The Morgan fingerprint density at radius 3 is 3.16 bits per heavy atom. The maximum absolute atomic E-state index is 5.90. The molecule has 1 aliphatic carbocycles. The van der Waals surface area contributed by atoms with Crippen molar-refractivity contribution in [2.45, 2.75) is 45.1 Å². The van der Waals surface area contributed by atoms with Crippen molar-refractivity contribution in [1.29, 1.82) is 0 Å². The van der Waals surface area contributed by atoms with Crippen molar-refractivity contribution in [3.63, 3.8) is 0 Å². The molecule has 104 valence electrons. The third kappa shape index (κ3) is 3.60. The van der Waals surface area contributed by atoms with Crippen LogP contribution in [-0.2, 0) is 6.42 Å². The third-order valence-electron chi connectivity index (χ3n) is 3.68. The highest BCUT2D eigenvalue weighted by Gasteiger charge is 2.21. The molecule has 0 aliphatic heterocycles. The zero-order chi connectivity index (χ0) is 13.5. The maximum atomic E-state index is 5.90. The van der Waals surface area contributed by atoms with Crippen LogP contribution in [0, 0.1) is 0 Å². The summed E-state index contributed by atoms with van der Waals surface area (Å²) >= 11 is 0. The Hall–Kier alpha value is -1.28. The molecule has 1 aromatic rings. The molecule has 2 nitrogen and oxygen atoms in total. The lowest BCUT2D eigenvalue weighted by Gasteiger charge is -2.28. The second-order valence-electron chi connectivity index (χ2n) is 5.15. The zero-order valence-electron chi connectivity index (χ0n) is 12.0. The van der Waals surface area contributed by atoms with E-state index in [9.17, 15) is 0 Å². The van der Waals surface area contributed by atoms with E-state index in [1.54, 1.807) is 0 Å². The van der Waals surface area contributed by atoms with E-state index >= 15 is 0 Å². The topological polar surface area (TPSA) is 21.3 Å². The first-order valence-electron chi connectivity index (χ1n) is 7.45. The minimum Gasteiger partial charge on any atom is -0.493 e. The van der Waals surface area contributed by atoms with Crippen LogP contribution >= 0.6 is 0 Å². The molecule has 2 rings (SSSR count). The zero-order valence-corrected chi connectivity index (χ0v) is 12.0. The number of rotatable bonds is 7. The Morgan fingerprint density at radius 1 is 1.47 bits per heavy atom. The lowest BCUT2D eigenvalue weighted by molar-refractivity contribution is 0.317. The van der Waals surface area contributed by atoms with Crippen LogP contribution < -0.4 is 10.1 Å². The van der Waals surface area contributed by atoms with Crippen LogP contribution in [0.4, 0.5) is 0 Å². The van der Waals surface area contributed by atoms with Crippen molar-refractivity contribution < 1.29 is 4.74 Å². The van der Waals surface area contributed by atoms with Crippen molar-refractivity contribution in [1.82, 2.24) is 5.32 Å². The van der Waals surface area contributed by atoms with Crippen LogP contribution in [0.2, 0.25) is 0 Å². The van der Waals surface area contributed by atoms with E-state index < -0.39 is 0 Å². The summed E-state index contributed by atoms with van der Waals surface area (Å²) in [5.74, 6) is 1.07. The molecule has 1 aromatic carbocycles. The predicted molar refractivity (Wildman–Crippen MR) is 80.7 cm³/mol. The van der Waals surface area contributed by atoms with E-state index in [-0.39, 0.29) is 0 Å². The normalized spacial score (nSPS) is 17.8. The monoisotopic (exact) mass is 259 g/mol. The van der Waals surface area contributed by atoms with Gasteiger partial charge in [-0.25, -0.2) is 0 Å². The van der Waals surface area contributed by atoms with E-state index in [1.807, 2.05) is 6.08 Å². The van der Waals surface area contributed by atoms with Crippen molar-refractivity contribution in [2.24, 2.45) is 0 Å². The number of nitrogens with one attached hydrogen (secondary N) is 1. The molecular formula is C17H25NO. The first-order valence-corrected chi connectivity index (χ1v) is 7.45. The Kier molecular flexibility index (Phi) is 5.46. The Balaban J connectivity index is 2.13. The molecule has 1 N–H and O–H groups in total. The fourth-order valence-electron chi connectivity index (χ4n) is 2.73. The average Bonchev–Trinajstić information content (AvgIpc) is 2.45. The van der Waals surface area contributed by atoms with Crippen LogP contribution in [0.3, 0.4) is 0 Å². The number of fused-ring (bicyclic) bond motifs is 1. The van der Waals surface area contributed by atoms with Gasteiger partial charge in [0, 0.05) is 6.04 Å². The summed E-state index contributed by atoms with van der Waals surface area (Å²) < 4.78 is 5.90. The van der Waals surface area contributed by atoms with Gasteiger partial charge in [0.1, 0.15) is 5.75 Å². The van der Waals surface area contributed by atoms with Crippen molar-refractivity contribution in [3.05, 3.63) is 42.0 Å². The number of ether oxygens (including phenoxy) is 1. The largest absolute Gasteiger partial charge is 0.493 e. The molecule has 0 heterocycles. The molecule has 0 radical (unpaired) electrons. The van der Waals surface area contributed by atoms with Gasteiger partial charge in [0.05, 0.1) is 6.61 Å². The van der Waals surface area contributed by atoms with Gasteiger partial charge in [0.15, 0.2) is 0 Å². The first kappa shape index (κ1) is 14.1. The van der Waals surface area contributed by atoms with Gasteiger partial charge in [-0.3, -0.25) is 0 Å². The van der Waals surface area contributed by atoms with Crippen molar-refractivity contribution >= 4 is 0 Å². The van der Waals surface area contributed by atoms with E-state index in [2.05, 4.69) is 37.0 Å². The summed E-state index contributed by atoms with van der Waals surface area (Å²) in [6.45, 7) is 7.77. The molecule has 2 heteroatoms. The third-order valence-corrected chi connectivity index (χ3v) is 3.68. The molecule has 0 spiro atoms. The van der Waals surface area contributed by atoms with E-state index in [1.165, 1.54) is 30.4 Å². The Morgan fingerprint density at radius 2 is 2.37 bits per heavy atom. The highest BCUT2D eigenvalue weighted by molar-refractivity contribution is 5.43. The fraction of sp³-hybridized carbons (Fsp3) is 0.529. The molecule has 1 aliphatic rings. The molecular weight excluding hydrogens is 234 g/mol. The summed E-state index contributed by atoms with van der Waals surface area (Å²) in [4.78, 5) is 0. The number of benzene rings is 1. The van der Waals surface area contributed by atoms with Gasteiger partial charge in [0.2, 0.25) is 0 Å². The molecule has 1 unspecified atom stereocenters. The van der Waals surface area contributed by atoms with Gasteiger partial charge in [-0.15, -0.1) is 6.58 Å². The van der Waals surface area contributed by atoms with Gasteiger partial charge >= 0.3 is 0 Å². The van der Waals surface area contributed by atoms with Gasteiger partial charge < -0.3 is 10.1 Å². The van der Waals surface area contributed by atoms with Gasteiger partial charge in [-0.2, -0.15) is 0 Å². The SMILES string of the molecule is C=CCCOc1cccc2c1CCCC2NCCC. The summed E-state index contributed by atoms with van der Waals surface area (Å²) in [6, 6.07) is 6.98. The molecule has 0 fully saturated rings. The van der Waals surface area contributed by atoms with E-state index in [0.717, 1.165) is 31.7 Å². The summed E-state index contributed by atoms with van der Waals surface area (Å²) in [5.41, 5.74) is 2.85. The van der Waals surface area contributed by atoms with Gasteiger partial charge in [0.25, 0.3) is 0 Å². The predicted octanol–water partition coefficient (Wildman–Crippen LogP) is 4.02. The van der Waals surface area contributed by atoms with Crippen LogP contribution in [0.25, 0.3) is 0 Å². The first-order chi connectivity index (χ1) is 9.36. The molecule has 0 aromatic heterocycles. The summed E-state index contributed by atoms with van der Waals surface area (Å²) in [6.07, 6.45) is 7.62. The van der Waals surface area contributed by atoms with Crippen molar-refractivity contribution in [2.75, 3.05) is 13.2 Å². The summed E-state index contributed by atoms with van der Waals surface area (Å²) in [5, 5.41) is 3.65. The molecule has 1 atom stereocenters. The second kappa shape index (κ2) is 7.34. The molecule has 0 bridgehead atoms. The van der Waals surface area contributed by atoms with Crippen LogP contribution in [0.1, 0.15) is 49.8 Å². The average molecular weight is 259 g/mol. The highest BCUT2D eigenvalue weighted by atomic mass is 16.5. The molecule has 0 saturated carbocycles. The van der Waals surface area contributed by atoms with Crippen molar-refractivity contribution in [3.8, 4) is 5.75 Å². The fourth-order valence-corrected chi connectivity index (χ4v) is 2.73. The van der Waals surface area contributed by atoms with Gasteiger partial charge in [-0.05, 0) is 55.8 Å². The standard InChI is InChI=1S/C17H25NO/c1-3-5-13-19-17-11-7-8-14-15(17)9-6-10-16(14)18-12-4-2/h3,7-8,11,16,18H,1,4-6,9-10,12-13H2,2H3. The number of hydrogen-bond acceptors (Lipinski definition) is 2. The van der Waals surface area contributed by atoms with Crippen LogP contribution in [0.15, 0.2) is 30.9 Å². The second-order valence-corrected chi connectivity index (χ2v) is 5.15. The molecule has 0 saturated heterocycles. The Labute approximate surface area is 116 Å². The minimum absolute atomic E-state index is 0.506. The highest BCUT2D eigenvalue weighted by Crippen LogP contribution is 2.35. The van der Waals surface area contributed by atoms with E-state index in [0.29, 0.717) is 6.04 Å². The minimum atomic E-state index is 0.506. The van der Waals surface area contributed by atoms with Crippen LogP contribution in [0.5, 0.6) is 5.75 Å². The quantitative estimate of drug-likeness (QED) is 0.590.